The van der Waals surface area contributed by atoms with Crippen LogP contribution < -0.4 is 5.32 Å². The zero-order valence-electron chi connectivity index (χ0n) is 4.73. The summed E-state index contributed by atoms with van der Waals surface area (Å²) in [6.45, 7) is 0. The van der Waals surface area contributed by atoms with E-state index in [-0.39, 0.29) is 0 Å². The van der Waals surface area contributed by atoms with E-state index in [4.69, 9.17) is 0 Å². The summed E-state index contributed by atoms with van der Waals surface area (Å²) in [6, 6.07) is 11.4. The molecule has 0 heterocycles. The van der Waals surface area contributed by atoms with Crippen LogP contribution in [0.3, 0.4) is 0 Å². The largest absolute Gasteiger partial charge is 0.388 e. The van der Waals surface area contributed by atoms with Crippen molar-refractivity contribution in [2.45, 2.75) is 0 Å². The number of benzene rings is 1. The fraction of sp³-hybridized carbons (Fsp3) is 0.143. The Labute approximate surface area is 49.3 Å². The van der Waals surface area contributed by atoms with Crippen molar-refractivity contribution in [2.24, 2.45) is 0 Å². The highest BCUT2D eigenvalue weighted by Gasteiger charge is 1.79. The minimum absolute atomic E-state index is 0.979. The standard InChI is InChI=1S/C7H7N/c1-8-7-5-3-2-4-6-7/h2-3,6,8H,1H3. The van der Waals surface area contributed by atoms with Gasteiger partial charge >= 0.3 is 0 Å². The molecule has 0 atom stereocenters. The van der Waals surface area contributed by atoms with Gasteiger partial charge in [0.25, 0.3) is 0 Å². The lowest BCUT2D eigenvalue weighted by Crippen LogP contribution is -1.85. The van der Waals surface area contributed by atoms with E-state index >= 15 is 0 Å². The van der Waals surface area contributed by atoms with Gasteiger partial charge in [0.15, 0.2) is 0 Å². The van der Waals surface area contributed by atoms with Crippen LogP contribution in [0.25, 0.3) is 0 Å². The van der Waals surface area contributed by atoms with E-state index in [1.54, 1.807) is 0 Å². The second-order valence-corrected chi connectivity index (χ2v) is 1.45. The average molecular weight is 105 g/mol. The summed E-state index contributed by atoms with van der Waals surface area (Å²) in [5, 5.41) is 2.94. The summed E-state index contributed by atoms with van der Waals surface area (Å²) >= 11 is 0. The molecule has 1 N–H and O–H groups in total. The third-order valence-corrected chi connectivity index (χ3v) is 0.915. The fourth-order valence-corrected chi connectivity index (χ4v) is 0.497. The van der Waals surface area contributed by atoms with Gasteiger partial charge in [0.1, 0.15) is 0 Å². The van der Waals surface area contributed by atoms with Crippen LogP contribution in [0.2, 0.25) is 0 Å². The van der Waals surface area contributed by atoms with Gasteiger partial charge in [-0.05, 0) is 12.1 Å². The Bertz CT molecular complexity index is 146. The molecular weight excluding hydrogens is 98.1 g/mol. The van der Waals surface area contributed by atoms with Crippen molar-refractivity contribution in [1.82, 2.24) is 0 Å². The topological polar surface area (TPSA) is 12.0 Å². The molecule has 0 unspecified atom stereocenters. The number of hydrogen-bond donors (Lipinski definition) is 1. The molecule has 0 saturated carbocycles. The zero-order chi connectivity index (χ0) is 5.82. The lowest BCUT2D eigenvalue weighted by atomic mass is 10.3. The van der Waals surface area contributed by atoms with Crippen molar-refractivity contribution >= 4 is 5.69 Å². The molecule has 0 bridgehead atoms. The number of nitrogens with one attached hydrogen (secondary N) is 1. The third-order valence-electron chi connectivity index (χ3n) is 0.915. The molecule has 1 heteroatoms. The Hall–Kier alpha value is -0.980. The van der Waals surface area contributed by atoms with E-state index in [1.165, 1.54) is 0 Å². The molecule has 0 aliphatic heterocycles. The Kier molecular flexibility index (Phi) is 1.52. The minimum atomic E-state index is 0.979. The van der Waals surface area contributed by atoms with Crippen molar-refractivity contribution < 1.29 is 0 Å². The van der Waals surface area contributed by atoms with Crippen molar-refractivity contribution in [2.75, 3.05) is 12.4 Å². The van der Waals surface area contributed by atoms with Crippen LogP contribution in [0.4, 0.5) is 5.69 Å². The van der Waals surface area contributed by atoms with Gasteiger partial charge in [-0.1, -0.05) is 12.1 Å². The summed E-state index contributed by atoms with van der Waals surface area (Å²) in [5.41, 5.74) is 0.979. The van der Waals surface area contributed by atoms with Crippen LogP contribution in [0.5, 0.6) is 0 Å². The maximum Gasteiger partial charge on any atom is 0.0424 e. The Balaban J connectivity index is 2.83. The smallest absolute Gasteiger partial charge is 0.0424 e. The fourth-order valence-electron chi connectivity index (χ4n) is 0.497. The number of rotatable bonds is 1. The first-order valence-electron chi connectivity index (χ1n) is 2.49. The van der Waals surface area contributed by atoms with Crippen LogP contribution >= 0.6 is 0 Å². The highest BCUT2D eigenvalue weighted by atomic mass is 14.8. The van der Waals surface area contributed by atoms with Gasteiger partial charge in [-0.3, -0.25) is 0 Å². The van der Waals surface area contributed by atoms with E-state index in [2.05, 4.69) is 17.4 Å². The van der Waals surface area contributed by atoms with E-state index in [0.29, 0.717) is 0 Å². The van der Waals surface area contributed by atoms with Crippen molar-refractivity contribution in [3.8, 4) is 0 Å². The quantitative estimate of drug-likeness (QED) is 0.568. The molecule has 0 spiro atoms. The van der Waals surface area contributed by atoms with Crippen LogP contribution in [0.15, 0.2) is 18.2 Å². The molecule has 0 fully saturated rings. The van der Waals surface area contributed by atoms with Crippen molar-refractivity contribution in [3.05, 3.63) is 30.3 Å². The van der Waals surface area contributed by atoms with Gasteiger partial charge in [0, 0.05) is 18.8 Å². The molecule has 0 saturated heterocycles. The van der Waals surface area contributed by atoms with E-state index in [9.17, 15) is 0 Å². The van der Waals surface area contributed by atoms with Crippen LogP contribution in [0, 0.1) is 12.1 Å². The van der Waals surface area contributed by atoms with E-state index in [1.807, 2.05) is 25.2 Å². The second kappa shape index (κ2) is 2.36. The van der Waals surface area contributed by atoms with Gasteiger partial charge in [0.2, 0.25) is 0 Å². The molecule has 0 aliphatic carbocycles. The van der Waals surface area contributed by atoms with Gasteiger partial charge in [-0.25, -0.2) is 0 Å². The zero-order valence-corrected chi connectivity index (χ0v) is 4.73. The maximum absolute atomic E-state index is 2.98. The average Bonchev–Trinajstić information content (AvgIpc) is 1.90. The lowest BCUT2D eigenvalue weighted by molar-refractivity contribution is 1.50. The molecular formula is C7H7N. The summed E-state index contributed by atoms with van der Waals surface area (Å²) < 4.78 is 0. The minimum Gasteiger partial charge on any atom is -0.388 e. The molecule has 2 radical (unpaired) electrons. The summed E-state index contributed by atoms with van der Waals surface area (Å²) in [4.78, 5) is 0. The van der Waals surface area contributed by atoms with Gasteiger partial charge < -0.3 is 5.32 Å². The van der Waals surface area contributed by atoms with E-state index < -0.39 is 0 Å². The van der Waals surface area contributed by atoms with Crippen LogP contribution in [0.1, 0.15) is 0 Å². The molecule has 1 rings (SSSR count). The molecule has 0 amide bonds. The Morgan fingerprint density at radius 1 is 1.50 bits per heavy atom. The number of anilines is 1. The SMILES string of the molecule is CNc1[c]cc[c]c1. The third kappa shape index (κ3) is 0.997. The maximum atomic E-state index is 2.98. The van der Waals surface area contributed by atoms with Crippen molar-refractivity contribution in [1.29, 1.82) is 0 Å². The first-order chi connectivity index (χ1) is 3.93. The first kappa shape index (κ1) is 5.16. The predicted molar refractivity (Wildman–Crippen MR) is 33.7 cm³/mol. The van der Waals surface area contributed by atoms with Crippen molar-refractivity contribution in [3.63, 3.8) is 0 Å². The summed E-state index contributed by atoms with van der Waals surface area (Å²) in [6.07, 6.45) is 0. The van der Waals surface area contributed by atoms with Gasteiger partial charge in [-0.2, -0.15) is 0 Å². The van der Waals surface area contributed by atoms with Crippen LogP contribution in [-0.4, -0.2) is 7.05 Å². The predicted octanol–water partition coefficient (Wildman–Crippen LogP) is 1.33. The van der Waals surface area contributed by atoms with Gasteiger partial charge in [0.05, 0.1) is 0 Å². The normalized spacial score (nSPS) is 8.62. The van der Waals surface area contributed by atoms with Gasteiger partial charge in [-0.15, -0.1) is 0 Å². The molecule has 1 aromatic rings. The number of hydrogen-bond acceptors (Lipinski definition) is 1. The highest BCUT2D eigenvalue weighted by molar-refractivity contribution is 5.39. The second-order valence-electron chi connectivity index (χ2n) is 1.45. The molecule has 1 nitrogen and oxygen atoms in total. The Morgan fingerprint density at radius 3 is 2.75 bits per heavy atom. The molecule has 40 valence electrons. The van der Waals surface area contributed by atoms with Crippen LogP contribution in [-0.2, 0) is 0 Å². The molecule has 0 aromatic heterocycles. The lowest BCUT2D eigenvalue weighted by Gasteiger charge is -1.93. The summed E-state index contributed by atoms with van der Waals surface area (Å²) in [5.74, 6) is 0. The monoisotopic (exact) mass is 105 g/mol. The first-order valence-corrected chi connectivity index (χ1v) is 2.49. The Morgan fingerprint density at radius 2 is 2.38 bits per heavy atom. The molecule has 0 aliphatic rings. The summed E-state index contributed by atoms with van der Waals surface area (Å²) in [7, 11) is 1.86. The van der Waals surface area contributed by atoms with E-state index in [0.717, 1.165) is 5.69 Å². The highest BCUT2D eigenvalue weighted by Crippen LogP contribution is 1.99. The molecule has 1 aromatic carbocycles. The molecule has 8 heavy (non-hydrogen) atoms.